The maximum atomic E-state index is 5.74. The Kier molecular flexibility index (Phi) is 4.22. The van der Waals surface area contributed by atoms with E-state index >= 15 is 0 Å². The lowest BCUT2D eigenvalue weighted by Gasteiger charge is -2.08. The van der Waals surface area contributed by atoms with E-state index < -0.39 is 0 Å². The SMILES string of the molecule is CC(C)ONCc1ccc(Cl)cc1. The lowest BCUT2D eigenvalue weighted by Crippen LogP contribution is -2.18. The van der Waals surface area contributed by atoms with Gasteiger partial charge in [-0.2, -0.15) is 5.48 Å². The highest BCUT2D eigenvalue weighted by Crippen LogP contribution is 2.09. The van der Waals surface area contributed by atoms with E-state index in [-0.39, 0.29) is 6.10 Å². The molecule has 0 saturated heterocycles. The maximum Gasteiger partial charge on any atom is 0.0734 e. The number of nitrogens with one attached hydrogen (secondary N) is 1. The molecule has 0 atom stereocenters. The summed E-state index contributed by atoms with van der Waals surface area (Å²) in [7, 11) is 0. The van der Waals surface area contributed by atoms with Crippen LogP contribution < -0.4 is 5.48 Å². The van der Waals surface area contributed by atoms with Gasteiger partial charge in [0.2, 0.25) is 0 Å². The minimum atomic E-state index is 0.201. The van der Waals surface area contributed by atoms with Crippen molar-refractivity contribution >= 4 is 11.6 Å². The lowest BCUT2D eigenvalue weighted by atomic mass is 10.2. The van der Waals surface area contributed by atoms with Gasteiger partial charge >= 0.3 is 0 Å². The van der Waals surface area contributed by atoms with Gasteiger partial charge in [0, 0.05) is 11.6 Å². The van der Waals surface area contributed by atoms with Crippen LogP contribution in [0.1, 0.15) is 19.4 Å². The highest BCUT2D eigenvalue weighted by atomic mass is 35.5. The van der Waals surface area contributed by atoms with Crippen molar-refractivity contribution in [1.82, 2.24) is 5.48 Å². The molecule has 0 radical (unpaired) electrons. The molecule has 0 aliphatic rings. The topological polar surface area (TPSA) is 21.3 Å². The predicted octanol–water partition coefficient (Wildman–Crippen LogP) is 2.77. The highest BCUT2D eigenvalue weighted by molar-refractivity contribution is 6.30. The quantitative estimate of drug-likeness (QED) is 0.753. The Bertz CT molecular complexity index is 246. The Morgan fingerprint density at radius 3 is 2.46 bits per heavy atom. The zero-order valence-corrected chi connectivity index (χ0v) is 8.64. The van der Waals surface area contributed by atoms with Gasteiger partial charge < -0.3 is 0 Å². The van der Waals surface area contributed by atoms with Gasteiger partial charge in [0.1, 0.15) is 0 Å². The smallest absolute Gasteiger partial charge is 0.0734 e. The maximum absolute atomic E-state index is 5.74. The molecule has 0 spiro atoms. The fraction of sp³-hybridized carbons (Fsp3) is 0.400. The third-order valence-corrected chi connectivity index (χ3v) is 1.76. The minimum absolute atomic E-state index is 0.201. The number of hydrogen-bond donors (Lipinski definition) is 1. The molecule has 0 heterocycles. The monoisotopic (exact) mass is 199 g/mol. The Hall–Kier alpha value is -0.570. The molecule has 0 saturated carbocycles. The molecule has 0 fully saturated rings. The molecule has 1 N–H and O–H groups in total. The van der Waals surface area contributed by atoms with Crippen molar-refractivity contribution in [2.45, 2.75) is 26.5 Å². The Balaban J connectivity index is 2.33. The van der Waals surface area contributed by atoms with Crippen molar-refractivity contribution in [3.05, 3.63) is 34.9 Å². The summed E-state index contributed by atoms with van der Waals surface area (Å²) in [5, 5.41) is 0.758. The van der Waals surface area contributed by atoms with E-state index in [0.717, 1.165) is 10.6 Å². The van der Waals surface area contributed by atoms with Gasteiger partial charge in [-0.05, 0) is 31.5 Å². The first kappa shape index (κ1) is 10.5. The van der Waals surface area contributed by atoms with Crippen LogP contribution in [0.25, 0.3) is 0 Å². The third-order valence-electron chi connectivity index (χ3n) is 1.51. The van der Waals surface area contributed by atoms with Gasteiger partial charge in [0.05, 0.1) is 6.10 Å². The van der Waals surface area contributed by atoms with Crippen LogP contribution in [0.15, 0.2) is 24.3 Å². The first-order valence-electron chi connectivity index (χ1n) is 4.31. The van der Waals surface area contributed by atoms with Gasteiger partial charge in [-0.15, -0.1) is 0 Å². The molecule has 3 heteroatoms. The average molecular weight is 200 g/mol. The van der Waals surface area contributed by atoms with Crippen molar-refractivity contribution in [2.75, 3.05) is 0 Å². The van der Waals surface area contributed by atoms with Crippen LogP contribution in [0.5, 0.6) is 0 Å². The summed E-state index contributed by atoms with van der Waals surface area (Å²) in [6.07, 6.45) is 0.201. The molecule has 0 amide bonds. The molecule has 1 aromatic carbocycles. The minimum Gasteiger partial charge on any atom is -0.299 e. The van der Waals surface area contributed by atoms with Crippen LogP contribution in [0, 0.1) is 0 Å². The number of benzene rings is 1. The number of hydroxylamine groups is 1. The van der Waals surface area contributed by atoms with E-state index in [4.69, 9.17) is 16.4 Å². The molecule has 0 aromatic heterocycles. The molecule has 13 heavy (non-hydrogen) atoms. The van der Waals surface area contributed by atoms with E-state index in [0.29, 0.717) is 6.54 Å². The molecule has 0 aliphatic carbocycles. The van der Waals surface area contributed by atoms with Crippen LogP contribution in [0.2, 0.25) is 5.02 Å². The molecule has 1 rings (SSSR count). The third kappa shape index (κ3) is 4.27. The van der Waals surface area contributed by atoms with Crippen molar-refractivity contribution < 1.29 is 4.84 Å². The molecule has 2 nitrogen and oxygen atoms in total. The zero-order chi connectivity index (χ0) is 9.68. The molecule has 1 aromatic rings. The fourth-order valence-corrected chi connectivity index (χ4v) is 1.02. The van der Waals surface area contributed by atoms with Gasteiger partial charge in [-0.3, -0.25) is 4.84 Å². The summed E-state index contributed by atoms with van der Waals surface area (Å²) >= 11 is 5.74. The normalized spacial score (nSPS) is 10.8. The van der Waals surface area contributed by atoms with Crippen LogP contribution in [-0.4, -0.2) is 6.10 Å². The summed E-state index contributed by atoms with van der Waals surface area (Å²) in [5.41, 5.74) is 4.03. The standard InChI is InChI=1S/C10H14ClNO/c1-8(2)13-12-7-9-3-5-10(11)6-4-9/h3-6,8,12H,7H2,1-2H3. The fourth-order valence-electron chi connectivity index (χ4n) is 0.894. The van der Waals surface area contributed by atoms with Gasteiger partial charge in [-0.1, -0.05) is 23.7 Å². The van der Waals surface area contributed by atoms with E-state index in [2.05, 4.69) is 5.48 Å². The van der Waals surface area contributed by atoms with Crippen molar-refractivity contribution in [3.8, 4) is 0 Å². The van der Waals surface area contributed by atoms with E-state index in [1.165, 1.54) is 0 Å². The largest absolute Gasteiger partial charge is 0.299 e. The molecular weight excluding hydrogens is 186 g/mol. The Labute approximate surface area is 83.8 Å². The first-order valence-corrected chi connectivity index (χ1v) is 4.69. The van der Waals surface area contributed by atoms with Crippen molar-refractivity contribution in [2.24, 2.45) is 0 Å². The van der Waals surface area contributed by atoms with Crippen LogP contribution in [-0.2, 0) is 11.4 Å². The molecule has 72 valence electrons. The number of rotatable bonds is 4. The molecular formula is C10H14ClNO. The molecule has 0 unspecified atom stereocenters. The van der Waals surface area contributed by atoms with Crippen molar-refractivity contribution in [3.63, 3.8) is 0 Å². The second-order valence-electron chi connectivity index (χ2n) is 3.11. The summed E-state index contributed by atoms with van der Waals surface area (Å²) in [6, 6.07) is 7.68. The second kappa shape index (κ2) is 5.22. The van der Waals surface area contributed by atoms with E-state index in [1.807, 2.05) is 38.1 Å². The molecule has 0 aliphatic heterocycles. The number of hydrogen-bond acceptors (Lipinski definition) is 2. The van der Waals surface area contributed by atoms with Crippen LogP contribution in [0.4, 0.5) is 0 Å². The lowest BCUT2D eigenvalue weighted by molar-refractivity contribution is -0.00883. The predicted molar refractivity (Wildman–Crippen MR) is 54.5 cm³/mol. The van der Waals surface area contributed by atoms with E-state index in [9.17, 15) is 0 Å². The summed E-state index contributed by atoms with van der Waals surface area (Å²) in [6.45, 7) is 4.67. The Morgan fingerprint density at radius 1 is 1.31 bits per heavy atom. The zero-order valence-electron chi connectivity index (χ0n) is 7.88. The van der Waals surface area contributed by atoms with Gasteiger partial charge in [0.15, 0.2) is 0 Å². The first-order chi connectivity index (χ1) is 6.18. The van der Waals surface area contributed by atoms with Gasteiger partial charge in [0.25, 0.3) is 0 Å². The summed E-state index contributed by atoms with van der Waals surface area (Å²) < 4.78 is 0. The second-order valence-corrected chi connectivity index (χ2v) is 3.55. The molecule has 0 bridgehead atoms. The van der Waals surface area contributed by atoms with Crippen LogP contribution >= 0.6 is 11.6 Å². The average Bonchev–Trinajstić information content (AvgIpc) is 2.08. The Morgan fingerprint density at radius 2 is 1.92 bits per heavy atom. The summed E-state index contributed by atoms with van der Waals surface area (Å²) in [4.78, 5) is 5.19. The van der Waals surface area contributed by atoms with Crippen LogP contribution in [0.3, 0.4) is 0 Å². The van der Waals surface area contributed by atoms with Gasteiger partial charge in [-0.25, -0.2) is 0 Å². The summed E-state index contributed by atoms with van der Waals surface area (Å²) in [5.74, 6) is 0. The van der Waals surface area contributed by atoms with Crippen molar-refractivity contribution in [1.29, 1.82) is 0 Å². The van der Waals surface area contributed by atoms with E-state index in [1.54, 1.807) is 0 Å². The highest BCUT2D eigenvalue weighted by Gasteiger charge is 1.94. The number of halogens is 1.